The summed E-state index contributed by atoms with van der Waals surface area (Å²) in [6.07, 6.45) is 0.867. The third-order valence-corrected chi connectivity index (χ3v) is 6.18. The Bertz CT molecular complexity index is 1050. The van der Waals surface area contributed by atoms with Crippen molar-refractivity contribution < 1.29 is 17.2 Å². The van der Waals surface area contributed by atoms with Crippen LogP contribution in [0.4, 0.5) is 4.39 Å². The number of aryl methyl sites for hydroxylation is 1. The number of halogens is 1. The van der Waals surface area contributed by atoms with Gasteiger partial charge in [-0.15, -0.1) is 0 Å². The molecule has 1 N–H and O–H groups in total. The van der Waals surface area contributed by atoms with E-state index in [4.69, 9.17) is 4.42 Å². The average molecular weight is 345 g/mol. The fourth-order valence-electron chi connectivity index (χ4n) is 3.10. The van der Waals surface area contributed by atoms with Gasteiger partial charge >= 0.3 is 0 Å². The van der Waals surface area contributed by atoms with E-state index < -0.39 is 15.7 Å². The van der Waals surface area contributed by atoms with Crippen LogP contribution in [-0.2, 0) is 22.8 Å². The highest BCUT2D eigenvalue weighted by molar-refractivity contribution is 7.91. The summed E-state index contributed by atoms with van der Waals surface area (Å²) in [7, 11) is -3.71. The zero-order valence-electron chi connectivity index (χ0n) is 13.1. The van der Waals surface area contributed by atoms with Crippen LogP contribution in [0.5, 0.6) is 0 Å². The molecule has 124 valence electrons. The van der Waals surface area contributed by atoms with Gasteiger partial charge in [0.25, 0.3) is 0 Å². The normalized spacial score (nSPS) is 14.8. The number of sulfone groups is 1. The molecule has 0 saturated heterocycles. The van der Waals surface area contributed by atoms with Crippen LogP contribution in [0.2, 0.25) is 0 Å². The van der Waals surface area contributed by atoms with Gasteiger partial charge < -0.3 is 9.73 Å². The molecule has 1 aromatic heterocycles. The van der Waals surface area contributed by atoms with Crippen LogP contribution in [0.15, 0.2) is 50.6 Å². The van der Waals surface area contributed by atoms with E-state index in [-0.39, 0.29) is 9.79 Å². The standard InChI is InChI=1S/C18H16FNO3S/c1-11-8-12(3-5-16(11)19)24(21,22)13-2-4-14-15-6-7-20-10-18(15)23-17(14)9-13/h2-5,8-9,20H,6-7,10H2,1H3. The van der Waals surface area contributed by atoms with E-state index in [1.807, 2.05) is 0 Å². The van der Waals surface area contributed by atoms with Crippen molar-refractivity contribution in [2.24, 2.45) is 0 Å². The molecule has 2 heterocycles. The molecule has 0 unspecified atom stereocenters. The highest BCUT2D eigenvalue weighted by Gasteiger charge is 2.22. The van der Waals surface area contributed by atoms with E-state index >= 15 is 0 Å². The first kappa shape index (κ1) is 15.4. The quantitative estimate of drug-likeness (QED) is 0.724. The minimum absolute atomic E-state index is 0.0822. The van der Waals surface area contributed by atoms with Gasteiger partial charge in [-0.05, 0) is 55.8 Å². The van der Waals surface area contributed by atoms with Crippen molar-refractivity contribution in [2.45, 2.75) is 29.7 Å². The van der Waals surface area contributed by atoms with Gasteiger partial charge in [0, 0.05) is 17.0 Å². The Morgan fingerprint density at radius 1 is 1.12 bits per heavy atom. The Kier molecular flexibility index (Phi) is 3.47. The molecule has 3 aromatic rings. The van der Waals surface area contributed by atoms with Crippen molar-refractivity contribution in [3.05, 3.63) is 59.1 Å². The summed E-state index contributed by atoms with van der Waals surface area (Å²) in [5, 5.41) is 4.20. The van der Waals surface area contributed by atoms with Crippen molar-refractivity contribution in [1.82, 2.24) is 5.32 Å². The first-order valence-corrected chi connectivity index (χ1v) is 9.21. The lowest BCUT2D eigenvalue weighted by Crippen LogP contribution is -2.22. The Morgan fingerprint density at radius 2 is 1.88 bits per heavy atom. The lowest BCUT2D eigenvalue weighted by atomic mass is 10.1. The zero-order chi connectivity index (χ0) is 16.9. The molecular formula is C18H16FNO3S. The van der Waals surface area contributed by atoms with Crippen molar-refractivity contribution in [2.75, 3.05) is 6.54 Å². The van der Waals surface area contributed by atoms with Gasteiger partial charge in [0.05, 0.1) is 16.3 Å². The molecule has 1 aliphatic heterocycles. The first-order chi connectivity index (χ1) is 11.5. The maximum atomic E-state index is 13.4. The second-order valence-electron chi connectivity index (χ2n) is 6.00. The van der Waals surface area contributed by atoms with E-state index in [0.717, 1.165) is 29.7 Å². The number of fused-ring (bicyclic) bond motifs is 3. The van der Waals surface area contributed by atoms with Crippen LogP contribution >= 0.6 is 0 Å². The fourth-order valence-corrected chi connectivity index (χ4v) is 4.46. The minimum atomic E-state index is -3.71. The van der Waals surface area contributed by atoms with Crippen molar-refractivity contribution in [3.8, 4) is 0 Å². The predicted octanol–water partition coefficient (Wildman–Crippen LogP) is 3.36. The molecule has 6 heteroatoms. The topological polar surface area (TPSA) is 59.3 Å². The predicted molar refractivity (Wildman–Crippen MR) is 88.2 cm³/mol. The second kappa shape index (κ2) is 5.43. The fraction of sp³-hybridized carbons (Fsp3) is 0.222. The molecule has 4 rings (SSSR count). The summed E-state index contributed by atoms with van der Waals surface area (Å²) in [6.45, 7) is 3.09. The minimum Gasteiger partial charge on any atom is -0.459 e. The van der Waals surface area contributed by atoms with Crippen molar-refractivity contribution in [3.63, 3.8) is 0 Å². The number of benzene rings is 2. The second-order valence-corrected chi connectivity index (χ2v) is 7.95. The maximum absolute atomic E-state index is 13.4. The Morgan fingerprint density at radius 3 is 2.67 bits per heavy atom. The number of rotatable bonds is 2. The molecule has 0 atom stereocenters. The Balaban J connectivity index is 1.84. The zero-order valence-corrected chi connectivity index (χ0v) is 13.9. The Labute approximate surface area is 139 Å². The van der Waals surface area contributed by atoms with E-state index in [2.05, 4.69) is 5.32 Å². The van der Waals surface area contributed by atoms with Crippen LogP contribution in [0.1, 0.15) is 16.9 Å². The van der Waals surface area contributed by atoms with E-state index in [0.29, 0.717) is 17.7 Å². The lowest BCUT2D eigenvalue weighted by molar-refractivity contribution is 0.487. The monoisotopic (exact) mass is 345 g/mol. The molecule has 0 fully saturated rings. The number of hydrogen-bond acceptors (Lipinski definition) is 4. The van der Waals surface area contributed by atoms with Gasteiger partial charge in [0.1, 0.15) is 17.2 Å². The van der Waals surface area contributed by atoms with Gasteiger partial charge in [-0.1, -0.05) is 0 Å². The molecule has 0 saturated carbocycles. The molecule has 0 radical (unpaired) electrons. The van der Waals surface area contributed by atoms with Gasteiger partial charge in [-0.2, -0.15) is 0 Å². The first-order valence-electron chi connectivity index (χ1n) is 7.73. The van der Waals surface area contributed by atoms with Gasteiger partial charge in [-0.3, -0.25) is 0 Å². The van der Waals surface area contributed by atoms with Crippen LogP contribution < -0.4 is 5.32 Å². The molecule has 1 aliphatic rings. The van der Waals surface area contributed by atoms with Crippen LogP contribution in [0.25, 0.3) is 11.0 Å². The SMILES string of the molecule is Cc1cc(S(=O)(=O)c2ccc3c4c(oc3c2)CNCC4)ccc1F. The van der Waals surface area contributed by atoms with Crippen LogP contribution in [0.3, 0.4) is 0 Å². The van der Waals surface area contributed by atoms with E-state index in [9.17, 15) is 12.8 Å². The van der Waals surface area contributed by atoms with Gasteiger partial charge in [0.15, 0.2) is 0 Å². The third kappa shape index (κ3) is 2.34. The van der Waals surface area contributed by atoms with E-state index in [1.54, 1.807) is 25.1 Å². The summed E-state index contributed by atoms with van der Waals surface area (Å²) in [5.74, 6) is 0.444. The molecule has 2 aromatic carbocycles. The molecule has 24 heavy (non-hydrogen) atoms. The lowest BCUT2D eigenvalue weighted by Gasteiger charge is -2.10. The summed E-state index contributed by atoms with van der Waals surface area (Å²) in [4.78, 5) is 0.235. The number of furan rings is 1. The smallest absolute Gasteiger partial charge is 0.206 e. The van der Waals surface area contributed by atoms with Crippen LogP contribution in [-0.4, -0.2) is 15.0 Å². The largest absolute Gasteiger partial charge is 0.459 e. The molecule has 0 bridgehead atoms. The molecular weight excluding hydrogens is 329 g/mol. The highest BCUT2D eigenvalue weighted by Crippen LogP contribution is 2.32. The molecule has 0 aliphatic carbocycles. The molecule has 0 amide bonds. The number of nitrogens with one attached hydrogen (secondary N) is 1. The third-order valence-electron chi connectivity index (χ3n) is 4.44. The summed E-state index contributed by atoms with van der Waals surface area (Å²) in [6, 6.07) is 8.77. The molecule has 4 nitrogen and oxygen atoms in total. The highest BCUT2D eigenvalue weighted by atomic mass is 32.2. The number of hydrogen-bond donors (Lipinski definition) is 1. The average Bonchev–Trinajstić information content (AvgIpc) is 2.95. The summed E-state index contributed by atoms with van der Waals surface area (Å²) < 4.78 is 44.8. The van der Waals surface area contributed by atoms with Crippen molar-refractivity contribution in [1.29, 1.82) is 0 Å². The Hall–Kier alpha value is -2.18. The van der Waals surface area contributed by atoms with Gasteiger partial charge in [-0.25, -0.2) is 12.8 Å². The maximum Gasteiger partial charge on any atom is 0.206 e. The van der Waals surface area contributed by atoms with E-state index in [1.165, 1.54) is 18.2 Å². The van der Waals surface area contributed by atoms with Crippen LogP contribution in [0, 0.1) is 12.7 Å². The summed E-state index contributed by atoms with van der Waals surface area (Å²) in [5.41, 5.74) is 2.02. The van der Waals surface area contributed by atoms with Crippen molar-refractivity contribution >= 4 is 20.8 Å². The summed E-state index contributed by atoms with van der Waals surface area (Å²) >= 11 is 0. The van der Waals surface area contributed by atoms with Gasteiger partial charge in [0.2, 0.25) is 9.84 Å². The molecule has 0 spiro atoms.